The van der Waals surface area contributed by atoms with Crippen LogP contribution < -0.4 is 16.0 Å². The van der Waals surface area contributed by atoms with Crippen LogP contribution in [0, 0.1) is 11.8 Å². The zero-order valence-corrected chi connectivity index (χ0v) is 14.3. The molecule has 0 spiro atoms. The van der Waals surface area contributed by atoms with Gasteiger partial charge in [0, 0.05) is 36.2 Å². The largest absolute Gasteiger partial charge is 0.354 e. The minimum Gasteiger partial charge on any atom is -0.354 e. The van der Waals surface area contributed by atoms with E-state index in [1.54, 1.807) is 24.3 Å². The van der Waals surface area contributed by atoms with Crippen molar-refractivity contribution in [3.63, 3.8) is 0 Å². The maximum absolute atomic E-state index is 12.1. The summed E-state index contributed by atoms with van der Waals surface area (Å²) < 4.78 is 0. The molecule has 2 fully saturated rings. The van der Waals surface area contributed by atoms with E-state index < -0.39 is 0 Å². The summed E-state index contributed by atoms with van der Waals surface area (Å²) in [6.45, 7) is 0.841. The molecule has 2 saturated carbocycles. The predicted molar refractivity (Wildman–Crippen MR) is 95.1 cm³/mol. The lowest BCUT2D eigenvalue weighted by Crippen LogP contribution is -2.37. The molecule has 3 N–H and O–H groups in total. The Kier molecular flexibility index (Phi) is 5.68. The third-order valence-electron chi connectivity index (χ3n) is 4.80. The maximum atomic E-state index is 12.1. The van der Waals surface area contributed by atoms with Crippen LogP contribution in [-0.4, -0.2) is 30.8 Å². The number of carbonyl (C=O) groups excluding carboxylic acids is 3. The van der Waals surface area contributed by atoms with E-state index in [1.165, 1.54) is 0 Å². The highest BCUT2D eigenvalue weighted by Gasteiger charge is 2.29. The first-order valence-corrected chi connectivity index (χ1v) is 9.10. The van der Waals surface area contributed by atoms with Gasteiger partial charge in [0.25, 0.3) is 5.91 Å². The molecule has 0 aliphatic heterocycles. The van der Waals surface area contributed by atoms with Crippen LogP contribution in [0.5, 0.6) is 0 Å². The van der Waals surface area contributed by atoms with Crippen molar-refractivity contribution < 1.29 is 14.4 Å². The monoisotopic (exact) mass is 343 g/mol. The summed E-state index contributed by atoms with van der Waals surface area (Å²) in [5.41, 5.74) is 1.24. The zero-order chi connectivity index (χ0) is 17.6. The van der Waals surface area contributed by atoms with Gasteiger partial charge in [-0.05, 0) is 49.9 Å². The van der Waals surface area contributed by atoms with Gasteiger partial charge in [-0.1, -0.05) is 12.8 Å². The van der Waals surface area contributed by atoms with Crippen molar-refractivity contribution in [1.82, 2.24) is 10.6 Å². The molecule has 3 amide bonds. The van der Waals surface area contributed by atoms with Crippen LogP contribution in [0.1, 0.15) is 48.9 Å². The molecule has 0 saturated heterocycles. The summed E-state index contributed by atoms with van der Waals surface area (Å²) in [7, 11) is 0. The number of rotatable bonds is 7. The standard InChI is InChI=1S/C19H25N3O3/c23-17(13-3-1-2-4-13)20-11-12-21-18(24)14-7-9-16(10-8-14)22-19(25)15-5-6-15/h7-10,13,15H,1-6,11-12H2,(H,20,23)(H,21,24)(H,22,25). The Morgan fingerprint density at radius 1 is 0.800 bits per heavy atom. The number of benzene rings is 1. The van der Waals surface area contributed by atoms with Crippen LogP contribution >= 0.6 is 0 Å². The average molecular weight is 343 g/mol. The topological polar surface area (TPSA) is 87.3 Å². The van der Waals surface area contributed by atoms with Crippen molar-refractivity contribution in [3.8, 4) is 0 Å². The van der Waals surface area contributed by atoms with Gasteiger partial charge < -0.3 is 16.0 Å². The van der Waals surface area contributed by atoms with Crippen molar-refractivity contribution in [3.05, 3.63) is 29.8 Å². The lowest BCUT2D eigenvalue weighted by Gasteiger charge is -2.11. The van der Waals surface area contributed by atoms with E-state index in [2.05, 4.69) is 16.0 Å². The summed E-state index contributed by atoms with van der Waals surface area (Å²) in [4.78, 5) is 35.7. The number of carbonyl (C=O) groups is 3. The summed E-state index contributed by atoms with van der Waals surface area (Å²) in [6.07, 6.45) is 6.13. The van der Waals surface area contributed by atoms with Gasteiger partial charge in [-0.15, -0.1) is 0 Å². The molecule has 6 heteroatoms. The summed E-state index contributed by atoms with van der Waals surface area (Å²) >= 11 is 0. The van der Waals surface area contributed by atoms with Crippen molar-refractivity contribution in [2.75, 3.05) is 18.4 Å². The van der Waals surface area contributed by atoms with Crippen LogP contribution in [0.3, 0.4) is 0 Å². The fourth-order valence-electron chi connectivity index (χ4n) is 3.09. The molecule has 0 bridgehead atoms. The van der Waals surface area contributed by atoms with Crippen LogP contribution in [0.15, 0.2) is 24.3 Å². The fraction of sp³-hybridized carbons (Fsp3) is 0.526. The Labute approximate surface area is 147 Å². The highest BCUT2D eigenvalue weighted by molar-refractivity contribution is 5.96. The minimum atomic E-state index is -0.185. The fourth-order valence-corrected chi connectivity index (χ4v) is 3.09. The zero-order valence-electron chi connectivity index (χ0n) is 14.3. The van der Waals surface area contributed by atoms with E-state index in [-0.39, 0.29) is 29.6 Å². The molecule has 0 atom stereocenters. The number of nitrogens with one attached hydrogen (secondary N) is 3. The highest BCUT2D eigenvalue weighted by Crippen LogP contribution is 2.30. The number of amides is 3. The van der Waals surface area contributed by atoms with Gasteiger partial charge in [0.05, 0.1) is 0 Å². The molecule has 2 aliphatic carbocycles. The van der Waals surface area contributed by atoms with Gasteiger partial charge in [0.1, 0.15) is 0 Å². The summed E-state index contributed by atoms with van der Waals surface area (Å²) in [5, 5.41) is 8.51. The lowest BCUT2D eigenvalue weighted by molar-refractivity contribution is -0.124. The Balaban J connectivity index is 1.37. The van der Waals surface area contributed by atoms with Crippen LogP contribution in [-0.2, 0) is 9.59 Å². The molecule has 1 aromatic rings. The SMILES string of the molecule is O=C(NCCNC(=O)C1CCCC1)c1ccc(NC(=O)C2CC2)cc1. The Hall–Kier alpha value is -2.37. The van der Waals surface area contributed by atoms with Crippen LogP contribution in [0.25, 0.3) is 0 Å². The van der Waals surface area contributed by atoms with E-state index in [0.717, 1.165) is 38.5 Å². The smallest absolute Gasteiger partial charge is 0.251 e. The van der Waals surface area contributed by atoms with Crippen LogP contribution in [0.4, 0.5) is 5.69 Å². The lowest BCUT2D eigenvalue weighted by atomic mass is 10.1. The number of anilines is 1. The first kappa shape index (κ1) is 17.5. The summed E-state index contributed by atoms with van der Waals surface area (Å²) in [5.74, 6) is 0.268. The number of hydrogen-bond acceptors (Lipinski definition) is 3. The van der Waals surface area contributed by atoms with E-state index in [9.17, 15) is 14.4 Å². The molecule has 0 radical (unpaired) electrons. The molecular formula is C19H25N3O3. The second-order valence-corrected chi connectivity index (χ2v) is 6.87. The van der Waals surface area contributed by atoms with Gasteiger partial charge in [-0.25, -0.2) is 0 Å². The van der Waals surface area contributed by atoms with Gasteiger partial charge >= 0.3 is 0 Å². The van der Waals surface area contributed by atoms with E-state index in [0.29, 0.717) is 24.3 Å². The minimum absolute atomic E-state index is 0.0511. The average Bonchev–Trinajstić information content (AvgIpc) is 3.33. The predicted octanol–water partition coefficient (Wildman–Crippen LogP) is 2.07. The molecule has 1 aromatic carbocycles. The molecule has 6 nitrogen and oxygen atoms in total. The van der Waals surface area contributed by atoms with Crippen LogP contribution in [0.2, 0.25) is 0 Å². The van der Waals surface area contributed by atoms with Gasteiger partial charge in [-0.2, -0.15) is 0 Å². The van der Waals surface area contributed by atoms with E-state index in [1.807, 2.05) is 0 Å². The Morgan fingerprint density at radius 2 is 1.40 bits per heavy atom. The normalized spacial score (nSPS) is 17.1. The van der Waals surface area contributed by atoms with Crippen molar-refractivity contribution in [1.29, 1.82) is 0 Å². The van der Waals surface area contributed by atoms with Gasteiger partial charge in [-0.3, -0.25) is 14.4 Å². The molecule has 0 heterocycles. The molecule has 0 aromatic heterocycles. The summed E-state index contributed by atoms with van der Waals surface area (Å²) in [6, 6.07) is 6.85. The Morgan fingerprint density at radius 3 is 2.04 bits per heavy atom. The third kappa shape index (κ3) is 5.05. The second kappa shape index (κ2) is 8.14. The molecule has 134 valence electrons. The molecule has 25 heavy (non-hydrogen) atoms. The first-order valence-electron chi connectivity index (χ1n) is 9.10. The first-order chi connectivity index (χ1) is 12.1. The third-order valence-corrected chi connectivity index (χ3v) is 4.80. The maximum Gasteiger partial charge on any atom is 0.251 e. The molecule has 3 rings (SSSR count). The second-order valence-electron chi connectivity index (χ2n) is 6.87. The van der Waals surface area contributed by atoms with E-state index in [4.69, 9.17) is 0 Å². The quantitative estimate of drug-likeness (QED) is 0.662. The molecule has 2 aliphatic rings. The van der Waals surface area contributed by atoms with Gasteiger partial charge in [0.2, 0.25) is 11.8 Å². The van der Waals surface area contributed by atoms with Gasteiger partial charge in [0.15, 0.2) is 0 Å². The van der Waals surface area contributed by atoms with Crippen molar-refractivity contribution >= 4 is 23.4 Å². The van der Waals surface area contributed by atoms with Crippen molar-refractivity contribution in [2.45, 2.75) is 38.5 Å². The molecular weight excluding hydrogens is 318 g/mol. The van der Waals surface area contributed by atoms with Crippen molar-refractivity contribution in [2.24, 2.45) is 11.8 Å². The Bertz CT molecular complexity index is 632. The molecule has 0 unspecified atom stereocenters. The number of hydrogen-bond donors (Lipinski definition) is 3. The van der Waals surface area contributed by atoms with E-state index >= 15 is 0 Å². The highest BCUT2D eigenvalue weighted by atomic mass is 16.2.